The first-order valence-electron chi connectivity index (χ1n) is 18.1. The van der Waals surface area contributed by atoms with E-state index in [2.05, 4.69) is 15.4 Å². The van der Waals surface area contributed by atoms with Gasteiger partial charge in [0.2, 0.25) is 5.91 Å². The molecular formula is C37H43ClF4N10O5. The van der Waals surface area contributed by atoms with Gasteiger partial charge in [-0.1, -0.05) is 11.6 Å². The van der Waals surface area contributed by atoms with Crippen LogP contribution in [0, 0.1) is 11.7 Å². The summed E-state index contributed by atoms with van der Waals surface area (Å²) >= 11 is 6.51. The molecule has 0 bridgehead atoms. The van der Waals surface area contributed by atoms with Gasteiger partial charge < -0.3 is 36.3 Å². The predicted octanol–water partition coefficient (Wildman–Crippen LogP) is 4.35. The van der Waals surface area contributed by atoms with Crippen LogP contribution in [-0.4, -0.2) is 115 Å². The fourth-order valence-electron chi connectivity index (χ4n) is 6.65. The van der Waals surface area contributed by atoms with Crippen molar-refractivity contribution in [3.05, 3.63) is 76.7 Å². The molecule has 0 radical (unpaired) electrons. The second kappa shape index (κ2) is 18.2. The summed E-state index contributed by atoms with van der Waals surface area (Å²) in [6.45, 7) is 4.46. The summed E-state index contributed by atoms with van der Waals surface area (Å²) in [7, 11) is 1.34. The van der Waals surface area contributed by atoms with Crippen LogP contribution in [0.4, 0.5) is 28.9 Å². The Labute approximate surface area is 330 Å². The maximum Gasteiger partial charge on any atom is 0.435 e. The van der Waals surface area contributed by atoms with Gasteiger partial charge in [-0.05, 0) is 69.1 Å². The Morgan fingerprint density at radius 2 is 1.79 bits per heavy atom. The number of carboxylic acids is 1. The number of aromatic nitrogens is 4. The van der Waals surface area contributed by atoms with Gasteiger partial charge in [0.05, 0.1) is 34.6 Å². The number of likely N-dealkylation sites (tertiary alicyclic amines) is 1. The average Bonchev–Trinajstić information content (AvgIpc) is 3.77. The monoisotopic (exact) mass is 818 g/mol. The lowest BCUT2D eigenvalue weighted by Crippen LogP contribution is -2.46. The van der Waals surface area contributed by atoms with Crippen molar-refractivity contribution in [1.29, 1.82) is 0 Å². The van der Waals surface area contributed by atoms with E-state index in [0.717, 1.165) is 27.7 Å². The van der Waals surface area contributed by atoms with Crippen LogP contribution in [0.3, 0.4) is 0 Å². The number of amides is 3. The van der Waals surface area contributed by atoms with E-state index in [0.29, 0.717) is 65.1 Å². The zero-order chi connectivity index (χ0) is 41.6. The third-order valence-electron chi connectivity index (χ3n) is 9.67. The van der Waals surface area contributed by atoms with Gasteiger partial charge in [0, 0.05) is 69.8 Å². The molecule has 1 aliphatic heterocycles. The van der Waals surface area contributed by atoms with Crippen LogP contribution in [0.5, 0.6) is 0 Å². The van der Waals surface area contributed by atoms with Crippen molar-refractivity contribution in [2.75, 3.05) is 63.4 Å². The second-order valence-corrected chi connectivity index (χ2v) is 13.9. The van der Waals surface area contributed by atoms with Crippen molar-refractivity contribution in [3.63, 3.8) is 0 Å². The maximum absolute atomic E-state index is 14.6. The summed E-state index contributed by atoms with van der Waals surface area (Å²) in [5, 5.41) is 15.4. The van der Waals surface area contributed by atoms with E-state index in [1.54, 1.807) is 14.7 Å². The molecule has 1 fully saturated rings. The number of aliphatic carboxylic acids is 1. The van der Waals surface area contributed by atoms with E-state index >= 15 is 0 Å². The van der Waals surface area contributed by atoms with Gasteiger partial charge in [0.15, 0.2) is 17.3 Å². The number of hydrogen-bond donors (Lipinski definition) is 4. The molecule has 5 rings (SSSR count). The lowest BCUT2D eigenvalue weighted by Gasteiger charge is -2.35. The van der Waals surface area contributed by atoms with Crippen molar-refractivity contribution in [3.8, 4) is 16.9 Å². The number of rotatable bonds is 15. The standard InChI is InChI=1S/C37H43ClF4N10O5/c1-3-50(16-15-49(12-4-11-43)21-31(53)54)35(56)22-9-13-51(14-10-22)36(57)25-7-6-24(18-27(25)38)46-34(55)33-45-19-30(48(33)2)26-20-52(47-32(26)37(40,41)42)29-8-5-23(44)17-28(29)39/h5-8,17-20,22H,3-4,9-16,21,43-44H2,1-2H3,(H,46,55)(H,53,54). The Hall–Kier alpha value is -5.53. The van der Waals surface area contributed by atoms with E-state index in [1.165, 1.54) is 37.4 Å². The molecule has 1 aliphatic rings. The van der Waals surface area contributed by atoms with Crippen molar-refractivity contribution in [2.45, 2.75) is 32.4 Å². The van der Waals surface area contributed by atoms with Gasteiger partial charge in [-0.2, -0.15) is 18.3 Å². The number of nitrogens with zero attached hydrogens (tertiary/aromatic N) is 7. The number of likely N-dealkylation sites (N-methyl/N-ethyl adjacent to an activating group) is 1. The molecule has 0 saturated carbocycles. The molecular weight excluding hydrogens is 776 g/mol. The third-order valence-corrected chi connectivity index (χ3v) is 9.99. The summed E-state index contributed by atoms with van der Waals surface area (Å²) in [5.74, 6) is -3.63. The molecule has 0 spiro atoms. The number of nitrogens with two attached hydrogens (primary N) is 2. The average molecular weight is 819 g/mol. The Kier molecular flexibility index (Phi) is 13.6. The number of carbonyl (C=O) groups excluding carboxylic acids is 3. The van der Waals surface area contributed by atoms with E-state index in [-0.39, 0.29) is 63.4 Å². The predicted molar refractivity (Wildman–Crippen MR) is 203 cm³/mol. The molecule has 4 aromatic rings. The molecule has 0 aliphatic carbocycles. The van der Waals surface area contributed by atoms with Gasteiger partial charge in [-0.3, -0.25) is 24.1 Å². The van der Waals surface area contributed by atoms with Crippen LogP contribution in [0.15, 0.2) is 48.8 Å². The first-order valence-corrected chi connectivity index (χ1v) is 18.5. The highest BCUT2D eigenvalue weighted by molar-refractivity contribution is 6.34. The van der Waals surface area contributed by atoms with Crippen LogP contribution >= 0.6 is 11.6 Å². The lowest BCUT2D eigenvalue weighted by molar-refractivity contribution is -0.141. The molecule has 57 heavy (non-hydrogen) atoms. The van der Waals surface area contributed by atoms with Crippen LogP contribution in [0.2, 0.25) is 5.02 Å². The van der Waals surface area contributed by atoms with Crippen molar-refractivity contribution in [2.24, 2.45) is 18.7 Å². The molecule has 3 amide bonds. The molecule has 15 nitrogen and oxygen atoms in total. The summed E-state index contributed by atoms with van der Waals surface area (Å²) in [4.78, 5) is 60.5. The Morgan fingerprint density at radius 3 is 2.40 bits per heavy atom. The number of piperidine rings is 1. The topological polar surface area (TPSA) is 198 Å². The number of carbonyl (C=O) groups is 4. The zero-order valence-electron chi connectivity index (χ0n) is 31.2. The fraction of sp³-hybridized carbons (Fsp3) is 0.405. The molecule has 0 unspecified atom stereocenters. The van der Waals surface area contributed by atoms with E-state index in [1.807, 2.05) is 6.92 Å². The van der Waals surface area contributed by atoms with Crippen LogP contribution in [0.25, 0.3) is 16.9 Å². The van der Waals surface area contributed by atoms with Crippen molar-refractivity contribution < 1.29 is 41.8 Å². The largest absolute Gasteiger partial charge is 0.480 e. The summed E-state index contributed by atoms with van der Waals surface area (Å²) in [6.07, 6.45) is -1.40. The van der Waals surface area contributed by atoms with Gasteiger partial charge in [0.1, 0.15) is 5.69 Å². The van der Waals surface area contributed by atoms with E-state index in [4.69, 9.17) is 23.1 Å². The fourth-order valence-corrected chi connectivity index (χ4v) is 6.91. The van der Waals surface area contributed by atoms with Crippen molar-refractivity contribution >= 4 is 46.7 Å². The smallest absolute Gasteiger partial charge is 0.435 e. The maximum atomic E-state index is 14.6. The highest BCUT2D eigenvalue weighted by Gasteiger charge is 2.39. The molecule has 6 N–H and O–H groups in total. The first kappa shape index (κ1) is 42.6. The summed E-state index contributed by atoms with van der Waals surface area (Å²) < 4.78 is 58.7. The second-order valence-electron chi connectivity index (χ2n) is 13.5. The number of anilines is 2. The summed E-state index contributed by atoms with van der Waals surface area (Å²) in [5.41, 5.74) is 9.41. The number of nitrogens with one attached hydrogen (secondary N) is 1. The van der Waals surface area contributed by atoms with Crippen LogP contribution in [-0.2, 0) is 22.8 Å². The van der Waals surface area contributed by atoms with E-state index in [9.17, 15) is 41.8 Å². The normalized spacial score (nSPS) is 13.6. The Morgan fingerprint density at radius 1 is 1.07 bits per heavy atom. The minimum Gasteiger partial charge on any atom is -0.480 e. The molecule has 2 aromatic heterocycles. The third kappa shape index (κ3) is 10.1. The molecule has 20 heteroatoms. The number of nitrogen functional groups attached to an aromatic ring is 1. The molecule has 306 valence electrons. The molecule has 3 heterocycles. The number of carboxylic acid groups (broad SMARTS) is 1. The van der Waals surface area contributed by atoms with Gasteiger partial charge in [-0.15, -0.1) is 0 Å². The number of hydrogen-bond acceptors (Lipinski definition) is 9. The highest BCUT2D eigenvalue weighted by atomic mass is 35.5. The minimum absolute atomic E-state index is 0.0337. The first-order chi connectivity index (χ1) is 27.0. The number of alkyl halides is 3. The van der Waals surface area contributed by atoms with Gasteiger partial charge in [-0.25, -0.2) is 14.1 Å². The Bertz CT molecular complexity index is 2120. The SMILES string of the molecule is CCN(CCN(CCCN)CC(=O)O)C(=O)C1CCN(C(=O)c2ccc(NC(=O)c3ncc(-c4cn(-c5ccc(N)cc5F)nc4C(F)(F)F)n3C)cc2Cl)CC1. The number of halogens is 5. The zero-order valence-corrected chi connectivity index (χ0v) is 32.0. The highest BCUT2D eigenvalue weighted by Crippen LogP contribution is 2.37. The Balaban J connectivity index is 1.21. The van der Waals surface area contributed by atoms with Crippen molar-refractivity contribution in [1.82, 2.24) is 34.0 Å². The van der Waals surface area contributed by atoms with Crippen LogP contribution < -0.4 is 16.8 Å². The molecule has 1 saturated heterocycles. The van der Waals surface area contributed by atoms with Gasteiger partial charge in [0.25, 0.3) is 11.8 Å². The number of benzene rings is 2. The van der Waals surface area contributed by atoms with E-state index < -0.39 is 35.1 Å². The number of imidazole rings is 1. The van der Waals surface area contributed by atoms with Gasteiger partial charge >= 0.3 is 12.1 Å². The summed E-state index contributed by atoms with van der Waals surface area (Å²) in [6, 6.07) is 7.71. The molecule has 0 atom stereocenters. The molecule has 2 aromatic carbocycles. The quantitative estimate of drug-likeness (QED) is 0.0989. The lowest BCUT2D eigenvalue weighted by atomic mass is 9.94. The van der Waals surface area contributed by atoms with Crippen LogP contribution in [0.1, 0.15) is 52.9 Å². The minimum atomic E-state index is -4.93.